The van der Waals surface area contributed by atoms with Gasteiger partial charge < -0.3 is 10.5 Å². The molecule has 0 saturated carbocycles. The number of benzene rings is 2. The maximum absolute atomic E-state index is 12.8. The molecule has 0 atom stereocenters. The van der Waals surface area contributed by atoms with Crippen LogP contribution < -0.4 is 10.5 Å². The third kappa shape index (κ3) is 3.46. The van der Waals surface area contributed by atoms with E-state index in [1.54, 1.807) is 0 Å². The lowest BCUT2D eigenvalue weighted by Gasteiger charge is -2.14. The minimum atomic E-state index is -4.51. The average molecular weight is 315 g/mol. The lowest BCUT2D eigenvalue weighted by Crippen LogP contribution is -2.11. The second-order valence-corrected chi connectivity index (χ2v) is 4.56. The molecule has 0 amide bonds. The number of para-hydroxylation sites is 1. The Morgan fingerprint density at radius 2 is 1.81 bits per heavy atom. The molecular weight excluding hydrogens is 305 g/mol. The maximum Gasteiger partial charge on any atom is 0.419 e. The fourth-order valence-corrected chi connectivity index (χ4v) is 1.97. The van der Waals surface area contributed by atoms with Crippen LogP contribution in [-0.4, -0.2) is 5.84 Å². The third-order valence-electron chi connectivity index (χ3n) is 2.65. The molecule has 0 aliphatic carbocycles. The summed E-state index contributed by atoms with van der Waals surface area (Å²) in [5, 5.41) is 7.42. The summed E-state index contributed by atoms with van der Waals surface area (Å²) in [6.45, 7) is 0. The Hall–Kier alpha value is -2.21. The summed E-state index contributed by atoms with van der Waals surface area (Å²) in [7, 11) is 0. The van der Waals surface area contributed by atoms with Gasteiger partial charge in [-0.1, -0.05) is 23.7 Å². The van der Waals surface area contributed by atoms with Crippen LogP contribution in [0.4, 0.5) is 13.2 Å². The molecule has 0 aliphatic heterocycles. The van der Waals surface area contributed by atoms with Crippen molar-refractivity contribution in [3.63, 3.8) is 0 Å². The van der Waals surface area contributed by atoms with Crippen LogP contribution in [0.5, 0.6) is 11.5 Å². The highest BCUT2D eigenvalue weighted by molar-refractivity contribution is 6.34. The van der Waals surface area contributed by atoms with Crippen molar-refractivity contribution in [3.05, 3.63) is 58.6 Å². The molecule has 0 heterocycles. The van der Waals surface area contributed by atoms with E-state index < -0.39 is 11.7 Å². The number of nitrogens with one attached hydrogen (secondary N) is 1. The SMILES string of the molecule is N=C(N)c1ccc(Oc2ccccc2C(F)(F)F)cc1Cl. The molecule has 21 heavy (non-hydrogen) atoms. The molecule has 0 aliphatic rings. The number of alkyl halides is 3. The molecule has 2 aromatic carbocycles. The second-order valence-electron chi connectivity index (χ2n) is 4.15. The number of rotatable bonds is 3. The predicted molar refractivity (Wildman–Crippen MR) is 74.0 cm³/mol. The zero-order valence-corrected chi connectivity index (χ0v) is 11.3. The molecule has 0 unspecified atom stereocenters. The quantitative estimate of drug-likeness (QED) is 0.650. The summed E-state index contributed by atoms with van der Waals surface area (Å²) in [6.07, 6.45) is -4.51. The van der Waals surface area contributed by atoms with Gasteiger partial charge >= 0.3 is 6.18 Å². The Labute approximate surface area is 123 Å². The Balaban J connectivity index is 2.35. The zero-order chi connectivity index (χ0) is 15.6. The van der Waals surface area contributed by atoms with Gasteiger partial charge in [0.25, 0.3) is 0 Å². The van der Waals surface area contributed by atoms with Crippen molar-refractivity contribution in [2.24, 2.45) is 5.73 Å². The normalized spacial score (nSPS) is 11.2. The van der Waals surface area contributed by atoms with Crippen LogP contribution >= 0.6 is 11.6 Å². The van der Waals surface area contributed by atoms with Gasteiger partial charge in [0.1, 0.15) is 17.3 Å². The topological polar surface area (TPSA) is 59.1 Å². The molecule has 0 spiro atoms. The smallest absolute Gasteiger partial charge is 0.419 e. The molecule has 7 heteroatoms. The van der Waals surface area contributed by atoms with Crippen LogP contribution in [-0.2, 0) is 6.18 Å². The van der Waals surface area contributed by atoms with E-state index in [4.69, 9.17) is 27.5 Å². The summed E-state index contributed by atoms with van der Waals surface area (Å²) < 4.78 is 43.8. The minimum absolute atomic E-state index is 0.127. The zero-order valence-electron chi connectivity index (χ0n) is 10.5. The van der Waals surface area contributed by atoms with Gasteiger partial charge in [-0.05, 0) is 24.3 Å². The van der Waals surface area contributed by atoms with Gasteiger partial charge in [0.15, 0.2) is 0 Å². The number of amidine groups is 1. The molecule has 0 saturated heterocycles. The number of nitrogen functional groups attached to an aromatic ring is 1. The van der Waals surface area contributed by atoms with Crippen molar-refractivity contribution in [2.45, 2.75) is 6.18 Å². The van der Waals surface area contributed by atoms with E-state index in [2.05, 4.69) is 0 Å². The summed E-state index contributed by atoms with van der Waals surface area (Å²) in [6, 6.07) is 8.99. The highest BCUT2D eigenvalue weighted by Gasteiger charge is 2.34. The first-order valence-electron chi connectivity index (χ1n) is 5.77. The fourth-order valence-electron chi connectivity index (χ4n) is 1.69. The minimum Gasteiger partial charge on any atom is -0.457 e. The van der Waals surface area contributed by atoms with Crippen molar-refractivity contribution in [3.8, 4) is 11.5 Å². The number of halogens is 4. The van der Waals surface area contributed by atoms with Gasteiger partial charge in [0, 0.05) is 11.6 Å². The van der Waals surface area contributed by atoms with E-state index in [-0.39, 0.29) is 27.9 Å². The molecule has 2 rings (SSSR count). The van der Waals surface area contributed by atoms with Crippen LogP contribution in [0.15, 0.2) is 42.5 Å². The standard InChI is InChI=1S/C14H10ClF3N2O/c15-11-7-8(5-6-9(11)13(19)20)21-12-4-2-1-3-10(12)14(16,17)18/h1-7H,(H3,19,20). The Morgan fingerprint density at radius 1 is 1.14 bits per heavy atom. The molecule has 110 valence electrons. The Kier molecular flexibility index (Phi) is 4.09. The van der Waals surface area contributed by atoms with Crippen molar-refractivity contribution in [1.82, 2.24) is 0 Å². The van der Waals surface area contributed by atoms with Crippen LogP contribution in [0, 0.1) is 5.41 Å². The first-order valence-corrected chi connectivity index (χ1v) is 6.15. The van der Waals surface area contributed by atoms with Gasteiger partial charge in [-0.3, -0.25) is 5.41 Å². The predicted octanol–water partition coefficient (Wildman–Crippen LogP) is 4.44. The van der Waals surface area contributed by atoms with E-state index in [0.29, 0.717) is 0 Å². The second kappa shape index (κ2) is 5.65. The lowest BCUT2D eigenvalue weighted by molar-refractivity contribution is -0.138. The Morgan fingerprint density at radius 3 is 2.38 bits per heavy atom. The molecule has 3 N–H and O–H groups in total. The summed E-state index contributed by atoms with van der Waals surface area (Å²) >= 11 is 5.90. The van der Waals surface area contributed by atoms with E-state index in [0.717, 1.165) is 6.07 Å². The molecule has 0 fully saturated rings. The molecule has 0 radical (unpaired) electrons. The summed E-state index contributed by atoms with van der Waals surface area (Å²) in [4.78, 5) is 0. The van der Waals surface area contributed by atoms with Crippen molar-refractivity contribution in [1.29, 1.82) is 5.41 Å². The molecule has 0 aromatic heterocycles. The van der Waals surface area contributed by atoms with Crippen LogP contribution in [0.2, 0.25) is 5.02 Å². The van der Waals surface area contributed by atoms with Gasteiger partial charge in [0.2, 0.25) is 0 Å². The molecule has 2 aromatic rings. The number of nitrogens with two attached hydrogens (primary N) is 1. The van der Waals surface area contributed by atoms with Crippen molar-refractivity contribution >= 4 is 17.4 Å². The van der Waals surface area contributed by atoms with Crippen LogP contribution in [0.1, 0.15) is 11.1 Å². The third-order valence-corrected chi connectivity index (χ3v) is 2.96. The first-order chi connectivity index (χ1) is 9.79. The van der Waals surface area contributed by atoms with E-state index in [1.807, 2.05) is 0 Å². The number of hydrogen-bond donors (Lipinski definition) is 2. The molecular formula is C14H10ClF3N2O. The molecule has 0 bridgehead atoms. The highest BCUT2D eigenvalue weighted by Crippen LogP contribution is 2.38. The fraction of sp³-hybridized carbons (Fsp3) is 0.0714. The van der Waals surface area contributed by atoms with Crippen LogP contribution in [0.25, 0.3) is 0 Å². The van der Waals surface area contributed by atoms with Crippen molar-refractivity contribution in [2.75, 3.05) is 0 Å². The highest BCUT2D eigenvalue weighted by atomic mass is 35.5. The van der Waals surface area contributed by atoms with Gasteiger partial charge in [-0.2, -0.15) is 13.2 Å². The summed E-state index contributed by atoms with van der Waals surface area (Å²) in [5.74, 6) is -0.430. The Bertz CT molecular complexity index is 686. The lowest BCUT2D eigenvalue weighted by atomic mass is 10.2. The number of hydrogen-bond acceptors (Lipinski definition) is 2. The van der Waals surface area contributed by atoms with Crippen molar-refractivity contribution < 1.29 is 17.9 Å². The number of ether oxygens (including phenoxy) is 1. The average Bonchev–Trinajstić information content (AvgIpc) is 2.37. The van der Waals surface area contributed by atoms with Gasteiger partial charge in [-0.15, -0.1) is 0 Å². The van der Waals surface area contributed by atoms with Gasteiger partial charge in [-0.25, -0.2) is 0 Å². The van der Waals surface area contributed by atoms with E-state index in [1.165, 1.54) is 36.4 Å². The largest absolute Gasteiger partial charge is 0.457 e. The monoisotopic (exact) mass is 314 g/mol. The van der Waals surface area contributed by atoms with Crippen LogP contribution in [0.3, 0.4) is 0 Å². The van der Waals surface area contributed by atoms with Gasteiger partial charge in [0.05, 0.1) is 10.6 Å². The van der Waals surface area contributed by atoms with E-state index >= 15 is 0 Å². The summed E-state index contributed by atoms with van der Waals surface area (Å²) in [5.41, 5.74) is 4.72. The molecule has 3 nitrogen and oxygen atoms in total. The first kappa shape index (κ1) is 15.2. The maximum atomic E-state index is 12.8. The van der Waals surface area contributed by atoms with E-state index in [9.17, 15) is 13.2 Å².